The van der Waals surface area contributed by atoms with E-state index < -0.39 is 29.1 Å². The zero-order valence-corrected chi connectivity index (χ0v) is 15.5. The molecule has 134 valence electrons. The smallest absolute Gasteiger partial charge is 0.408 e. The van der Waals surface area contributed by atoms with Crippen LogP contribution in [0.3, 0.4) is 0 Å². The standard InChI is InChI=1S/C18H28N2O4/c1-17(2,3)24-16(23)19-14(18(4,5)15(21)22)12-8-10-13(11-9-12)20(6)7/h8-11,14H,1-7H3,(H,19,23)(H,21,22)/t14-/m1/s1. The number of alkyl carbamates (subject to hydrolysis) is 1. The first-order chi connectivity index (χ1) is 10.8. The van der Waals surface area contributed by atoms with Gasteiger partial charge in [0.15, 0.2) is 0 Å². The Labute approximate surface area is 143 Å². The number of carboxylic acid groups (broad SMARTS) is 1. The number of carbonyl (C=O) groups is 2. The van der Waals surface area contributed by atoms with Gasteiger partial charge in [-0.2, -0.15) is 0 Å². The van der Waals surface area contributed by atoms with Crippen LogP contribution >= 0.6 is 0 Å². The molecule has 1 aromatic carbocycles. The molecule has 0 spiro atoms. The molecule has 1 amide bonds. The van der Waals surface area contributed by atoms with Crippen LogP contribution in [0.1, 0.15) is 46.2 Å². The summed E-state index contributed by atoms with van der Waals surface area (Å²) in [4.78, 5) is 25.8. The minimum atomic E-state index is -1.20. The number of carboxylic acids is 1. The highest BCUT2D eigenvalue weighted by atomic mass is 16.6. The first kappa shape index (κ1) is 19.8. The van der Waals surface area contributed by atoms with E-state index in [1.54, 1.807) is 34.6 Å². The average Bonchev–Trinajstić information content (AvgIpc) is 2.42. The van der Waals surface area contributed by atoms with Gasteiger partial charge in [-0.1, -0.05) is 12.1 Å². The Kier molecular flexibility index (Phi) is 5.87. The topological polar surface area (TPSA) is 78.9 Å². The quantitative estimate of drug-likeness (QED) is 0.861. The van der Waals surface area contributed by atoms with Crippen molar-refractivity contribution in [1.82, 2.24) is 5.32 Å². The number of hydrogen-bond acceptors (Lipinski definition) is 4. The van der Waals surface area contributed by atoms with E-state index in [1.807, 2.05) is 43.3 Å². The minimum absolute atomic E-state index is 0.640. The normalized spacial score (nSPS) is 13.1. The van der Waals surface area contributed by atoms with Crippen LogP contribution in [-0.4, -0.2) is 36.9 Å². The summed E-state index contributed by atoms with van der Waals surface area (Å²) < 4.78 is 5.28. The van der Waals surface area contributed by atoms with Crippen molar-refractivity contribution in [3.63, 3.8) is 0 Å². The largest absolute Gasteiger partial charge is 0.481 e. The number of rotatable bonds is 5. The third kappa shape index (κ3) is 5.15. The van der Waals surface area contributed by atoms with Gasteiger partial charge in [0, 0.05) is 19.8 Å². The van der Waals surface area contributed by atoms with E-state index in [4.69, 9.17) is 4.74 Å². The highest BCUT2D eigenvalue weighted by molar-refractivity contribution is 5.77. The molecule has 0 saturated carbocycles. The molecular formula is C18H28N2O4. The fraction of sp³-hybridized carbons (Fsp3) is 0.556. The van der Waals surface area contributed by atoms with Crippen LogP contribution in [0.2, 0.25) is 0 Å². The fourth-order valence-electron chi connectivity index (χ4n) is 2.19. The van der Waals surface area contributed by atoms with E-state index in [-0.39, 0.29) is 0 Å². The Morgan fingerprint density at radius 2 is 1.58 bits per heavy atom. The predicted octanol–water partition coefficient (Wildman–Crippen LogP) is 3.43. The molecule has 1 aromatic rings. The lowest BCUT2D eigenvalue weighted by Gasteiger charge is -2.32. The van der Waals surface area contributed by atoms with Crippen molar-refractivity contribution >= 4 is 17.7 Å². The number of nitrogens with zero attached hydrogens (tertiary/aromatic N) is 1. The summed E-state index contributed by atoms with van der Waals surface area (Å²) in [6, 6.07) is 6.69. The van der Waals surface area contributed by atoms with Crippen molar-refractivity contribution in [3.8, 4) is 0 Å². The van der Waals surface area contributed by atoms with Gasteiger partial charge in [0.2, 0.25) is 0 Å². The number of hydrogen-bond donors (Lipinski definition) is 2. The first-order valence-corrected chi connectivity index (χ1v) is 7.85. The lowest BCUT2D eigenvalue weighted by atomic mass is 9.80. The summed E-state index contributed by atoms with van der Waals surface area (Å²) in [5.41, 5.74) is -0.158. The van der Waals surface area contributed by atoms with Crippen LogP contribution in [0.5, 0.6) is 0 Å². The number of nitrogens with one attached hydrogen (secondary N) is 1. The van der Waals surface area contributed by atoms with E-state index in [2.05, 4.69) is 5.32 Å². The van der Waals surface area contributed by atoms with Crippen molar-refractivity contribution in [2.45, 2.75) is 46.3 Å². The van der Waals surface area contributed by atoms with E-state index in [1.165, 1.54) is 0 Å². The van der Waals surface area contributed by atoms with Crippen molar-refractivity contribution < 1.29 is 19.4 Å². The molecule has 0 heterocycles. The molecule has 1 rings (SSSR count). The maximum Gasteiger partial charge on any atom is 0.408 e. The summed E-state index contributed by atoms with van der Waals surface area (Å²) in [5, 5.41) is 12.3. The van der Waals surface area contributed by atoms with Gasteiger partial charge in [-0.15, -0.1) is 0 Å². The third-order valence-corrected chi connectivity index (χ3v) is 3.68. The van der Waals surface area contributed by atoms with Gasteiger partial charge >= 0.3 is 12.1 Å². The van der Waals surface area contributed by atoms with Gasteiger partial charge in [0.25, 0.3) is 0 Å². The lowest BCUT2D eigenvalue weighted by Crippen LogP contribution is -2.44. The van der Waals surface area contributed by atoms with Gasteiger partial charge < -0.3 is 20.1 Å². The van der Waals surface area contributed by atoms with Crippen molar-refractivity contribution in [2.24, 2.45) is 5.41 Å². The summed E-state index contributed by atoms with van der Waals surface area (Å²) in [7, 11) is 3.85. The molecule has 1 atom stereocenters. The summed E-state index contributed by atoms with van der Waals surface area (Å²) >= 11 is 0. The van der Waals surface area contributed by atoms with Crippen LogP contribution in [0.4, 0.5) is 10.5 Å². The number of carbonyl (C=O) groups excluding carboxylic acids is 1. The van der Waals surface area contributed by atoms with Crippen LogP contribution in [0, 0.1) is 5.41 Å². The molecule has 6 nitrogen and oxygen atoms in total. The van der Waals surface area contributed by atoms with Gasteiger partial charge in [-0.05, 0) is 52.3 Å². The number of aliphatic carboxylic acids is 1. The molecule has 0 aromatic heterocycles. The Balaban J connectivity index is 3.15. The Morgan fingerprint density at radius 3 is 1.96 bits per heavy atom. The highest BCUT2D eigenvalue weighted by Gasteiger charge is 2.39. The van der Waals surface area contributed by atoms with Crippen LogP contribution < -0.4 is 10.2 Å². The molecule has 0 bridgehead atoms. The maximum absolute atomic E-state index is 12.2. The van der Waals surface area contributed by atoms with E-state index in [0.29, 0.717) is 5.56 Å². The summed E-state index contributed by atoms with van der Waals surface area (Å²) in [6.07, 6.45) is -0.640. The Hall–Kier alpha value is -2.24. The zero-order chi connectivity index (χ0) is 18.7. The average molecular weight is 336 g/mol. The molecule has 0 unspecified atom stereocenters. The highest BCUT2D eigenvalue weighted by Crippen LogP contribution is 2.34. The molecule has 0 aliphatic rings. The van der Waals surface area contributed by atoms with Gasteiger partial charge in [-0.25, -0.2) is 4.79 Å². The van der Waals surface area contributed by atoms with Crippen LogP contribution in [0.25, 0.3) is 0 Å². The molecule has 24 heavy (non-hydrogen) atoms. The molecule has 0 fully saturated rings. The molecule has 0 radical (unpaired) electrons. The number of amides is 1. The van der Waals surface area contributed by atoms with Crippen LogP contribution in [0.15, 0.2) is 24.3 Å². The Bertz CT molecular complexity index is 586. The third-order valence-electron chi connectivity index (χ3n) is 3.68. The van der Waals surface area contributed by atoms with Gasteiger partial charge in [-0.3, -0.25) is 4.79 Å². The minimum Gasteiger partial charge on any atom is -0.481 e. The fourth-order valence-corrected chi connectivity index (χ4v) is 2.19. The van der Waals surface area contributed by atoms with Crippen molar-refractivity contribution in [3.05, 3.63) is 29.8 Å². The number of ether oxygens (including phenoxy) is 1. The molecule has 2 N–H and O–H groups in total. The molecule has 0 aliphatic carbocycles. The molecule has 0 saturated heterocycles. The van der Waals surface area contributed by atoms with E-state index in [0.717, 1.165) is 5.69 Å². The zero-order valence-electron chi connectivity index (χ0n) is 15.5. The van der Waals surface area contributed by atoms with Gasteiger partial charge in [0.05, 0.1) is 11.5 Å². The van der Waals surface area contributed by atoms with Crippen LogP contribution in [-0.2, 0) is 9.53 Å². The van der Waals surface area contributed by atoms with E-state index >= 15 is 0 Å². The van der Waals surface area contributed by atoms with Gasteiger partial charge in [0.1, 0.15) is 5.60 Å². The van der Waals surface area contributed by atoms with E-state index in [9.17, 15) is 14.7 Å². The molecule has 6 heteroatoms. The van der Waals surface area contributed by atoms with Crippen molar-refractivity contribution in [2.75, 3.05) is 19.0 Å². The van der Waals surface area contributed by atoms with Crippen molar-refractivity contribution in [1.29, 1.82) is 0 Å². The second-order valence-corrected chi connectivity index (χ2v) is 7.59. The monoisotopic (exact) mass is 336 g/mol. The SMILES string of the molecule is CN(C)c1ccc([C@@H](NC(=O)OC(C)(C)C)C(C)(C)C(=O)O)cc1. The summed E-state index contributed by atoms with van der Waals surface area (Å²) in [5.74, 6) is -1.000. The second kappa shape index (κ2) is 7.11. The second-order valence-electron chi connectivity index (χ2n) is 7.59. The first-order valence-electron chi connectivity index (χ1n) is 7.85. The molecular weight excluding hydrogens is 308 g/mol. The number of anilines is 1. The number of benzene rings is 1. The molecule has 0 aliphatic heterocycles. The predicted molar refractivity (Wildman–Crippen MR) is 94.3 cm³/mol. The summed E-state index contributed by atoms with van der Waals surface area (Å²) in [6.45, 7) is 8.44. The lowest BCUT2D eigenvalue weighted by molar-refractivity contribution is -0.148. The maximum atomic E-state index is 12.2. The Morgan fingerprint density at radius 1 is 1.08 bits per heavy atom.